The fourth-order valence-electron chi connectivity index (χ4n) is 3.88. The van der Waals surface area contributed by atoms with Gasteiger partial charge in [-0.3, -0.25) is 0 Å². The highest BCUT2D eigenvalue weighted by Crippen LogP contribution is 2.42. The van der Waals surface area contributed by atoms with Gasteiger partial charge in [0.15, 0.2) is 0 Å². The Morgan fingerprint density at radius 3 is 2.24 bits per heavy atom. The van der Waals surface area contributed by atoms with Gasteiger partial charge in [0, 0.05) is 11.3 Å². The number of fused-ring (bicyclic) bond motifs is 3. The second-order valence-electron chi connectivity index (χ2n) is 6.79. The Bertz CT molecular complexity index is 936. The third-order valence-corrected chi connectivity index (χ3v) is 5.17. The first-order valence-corrected chi connectivity index (χ1v) is 9.17. The summed E-state index contributed by atoms with van der Waals surface area (Å²) in [6, 6.07) is 23.7. The summed E-state index contributed by atoms with van der Waals surface area (Å²) in [5.41, 5.74) is 9.84. The molecule has 0 aromatic heterocycles. The van der Waals surface area contributed by atoms with Gasteiger partial charge in [0.25, 0.3) is 0 Å². The van der Waals surface area contributed by atoms with Gasteiger partial charge in [-0.1, -0.05) is 80.1 Å². The lowest BCUT2D eigenvalue weighted by atomic mass is 9.90. The third-order valence-electron chi connectivity index (χ3n) is 5.17. The lowest BCUT2D eigenvalue weighted by molar-refractivity contribution is 0.833. The molecule has 3 aromatic carbocycles. The molecular formula is C24H23N. The topological polar surface area (TPSA) is 23.9 Å². The highest BCUT2D eigenvalue weighted by atomic mass is 14.4. The van der Waals surface area contributed by atoms with E-state index in [1.807, 2.05) is 0 Å². The van der Waals surface area contributed by atoms with Crippen molar-refractivity contribution in [3.05, 3.63) is 83.4 Å². The molecule has 0 heterocycles. The Hall–Kier alpha value is -2.67. The van der Waals surface area contributed by atoms with Gasteiger partial charge in [0.05, 0.1) is 0 Å². The number of rotatable bonds is 5. The minimum atomic E-state index is 0.755. The first-order valence-electron chi connectivity index (χ1n) is 9.17. The lowest BCUT2D eigenvalue weighted by Crippen LogP contribution is -2.02. The van der Waals surface area contributed by atoms with Crippen molar-refractivity contribution in [1.82, 2.24) is 0 Å². The summed E-state index contributed by atoms with van der Waals surface area (Å²) >= 11 is 0. The van der Waals surface area contributed by atoms with E-state index in [1.54, 1.807) is 0 Å². The summed E-state index contributed by atoms with van der Waals surface area (Å²) in [7, 11) is 0. The molecule has 1 aliphatic rings. The van der Waals surface area contributed by atoms with Gasteiger partial charge in [-0.15, -0.1) is 0 Å². The fraction of sp³-hybridized carbons (Fsp3) is 0.208. The van der Waals surface area contributed by atoms with Gasteiger partial charge < -0.3 is 5.41 Å². The van der Waals surface area contributed by atoms with Crippen molar-refractivity contribution in [2.24, 2.45) is 0 Å². The van der Waals surface area contributed by atoms with Gasteiger partial charge in [-0.25, -0.2) is 0 Å². The number of unbranched alkanes of at least 4 members (excludes halogenated alkanes) is 1. The van der Waals surface area contributed by atoms with Gasteiger partial charge in [-0.2, -0.15) is 0 Å². The van der Waals surface area contributed by atoms with Crippen molar-refractivity contribution < 1.29 is 0 Å². The molecule has 1 heteroatoms. The van der Waals surface area contributed by atoms with Crippen LogP contribution >= 0.6 is 0 Å². The highest BCUT2D eigenvalue weighted by molar-refractivity contribution is 6.04. The van der Waals surface area contributed by atoms with Crippen molar-refractivity contribution in [2.45, 2.75) is 32.6 Å². The minimum absolute atomic E-state index is 0.755. The van der Waals surface area contributed by atoms with Crippen molar-refractivity contribution in [3.63, 3.8) is 0 Å². The highest BCUT2D eigenvalue weighted by Gasteiger charge is 2.22. The molecule has 1 N–H and O–H groups in total. The molecule has 0 spiro atoms. The Labute approximate surface area is 149 Å². The molecule has 1 nitrogen and oxygen atoms in total. The van der Waals surface area contributed by atoms with Crippen molar-refractivity contribution in [2.75, 3.05) is 0 Å². The van der Waals surface area contributed by atoms with Crippen LogP contribution in [0.1, 0.15) is 42.9 Å². The molecule has 0 saturated heterocycles. The Kier molecular flexibility index (Phi) is 4.23. The largest absolute Gasteiger partial charge is 0.305 e. The molecule has 0 unspecified atom stereocenters. The van der Waals surface area contributed by atoms with Crippen LogP contribution in [0.15, 0.2) is 66.7 Å². The number of hydrogen-bond donors (Lipinski definition) is 1. The van der Waals surface area contributed by atoms with Crippen LogP contribution in [0.25, 0.3) is 22.3 Å². The molecule has 0 saturated carbocycles. The summed E-state index contributed by atoms with van der Waals surface area (Å²) in [5, 5.41) is 8.55. The first kappa shape index (κ1) is 15.8. The summed E-state index contributed by atoms with van der Waals surface area (Å²) in [6.45, 7) is 2.18. The molecule has 0 fully saturated rings. The molecule has 0 atom stereocenters. The van der Waals surface area contributed by atoms with Crippen LogP contribution in [0.3, 0.4) is 0 Å². The van der Waals surface area contributed by atoms with Gasteiger partial charge in [0.1, 0.15) is 0 Å². The molecule has 1 aliphatic carbocycles. The number of benzene rings is 3. The van der Waals surface area contributed by atoms with Crippen LogP contribution in [-0.2, 0) is 6.42 Å². The van der Waals surface area contributed by atoms with Crippen LogP contribution in [0.4, 0.5) is 0 Å². The van der Waals surface area contributed by atoms with Crippen LogP contribution in [0, 0.1) is 5.41 Å². The maximum Gasteiger partial charge on any atom is 0.0392 e. The zero-order valence-corrected chi connectivity index (χ0v) is 14.7. The van der Waals surface area contributed by atoms with E-state index < -0.39 is 0 Å². The Balaban J connectivity index is 1.82. The smallest absolute Gasteiger partial charge is 0.0392 e. The molecular weight excluding hydrogens is 302 g/mol. The van der Waals surface area contributed by atoms with E-state index in [1.165, 1.54) is 33.4 Å². The fourth-order valence-corrected chi connectivity index (χ4v) is 3.88. The summed E-state index contributed by atoms with van der Waals surface area (Å²) in [4.78, 5) is 0. The maximum atomic E-state index is 8.55. The Morgan fingerprint density at radius 2 is 1.44 bits per heavy atom. The number of nitrogens with one attached hydrogen (secondary N) is 1. The quantitative estimate of drug-likeness (QED) is 0.406. The van der Waals surface area contributed by atoms with E-state index in [-0.39, 0.29) is 0 Å². The van der Waals surface area contributed by atoms with Crippen LogP contribution in [-0.4, -0.2) is 5.71 Å². The van der Waals surface area contributed by atoms with E-state index in [9.17, 15) is 0 Å². The maximum absolute atomic E-state index is 8.55. The molecule has 0 radical (unpaired) electrons. The molecule has 4 rings (SSSR count). The predicted octanol–water partition coefficient (Wildman–Crippen LogP) is 6.48. The van der Waals surface area contributed by atoms with Gasteiger partial charge in [0.2, 0.25) is 0 Å². The zero-order chi connectivity index (χ0) is 17.2. The van der Waals surface area contributed by atoms with E-state index in [2.05, 4.69) is 73.7 Å². The SMILES string of the molecule is CCCCC(=N)c1ccccc1-c1cccc2c1Cc1ccccc1-2. The number of hydrogen-bond acceptors (Lipinski definition) is 1. The zero-order valence-electron chi connectivity index (χ0n) is 14.7. The van der Waals surface area contributed by atoms with Crippen molar-refractivity contribution >= 4 is 5.71 Å². The first-order chi connectivity index (χ1) is 12.3. The van der Waals surface area contributed by atoms with Crippen LogP contribution in [0.5, 0.6) is 0 Å². The summed E-state index contributed by atoms with van der Waals surface area (Å²) in [6.07, 6.45) is 4.03. The van der Waals surface area contributed by atoms with E-state index in [0.717, 1.165) is 37.0 Å². The molecule has 124 valence electrons. The second kappa shape index (κ2) is 6.68. The monoisotopic (exact) mass is 325 g/mol. The Morgan fingerprint density at radius 1 is 0.800 bits per heavy atom. The average Bonchev–Trinajstić information content (AvgIpc) is 3.05. The minimum Gasteiger partial charge on any atom is -0.305 e. The van der Waals surface area contributed by atoms with E-state index in [4.69, 9.17) is 5.41 Å². The molecule has 0 amide bonds. The van der Waals surface area contributed by atoms with Gasteiger partial charge >= 0.3 is 0 Å². The average molecular weight is 325 g/mol. The summed E-state index contributed by atoms with van der Waals surface area (Å²) < 4.78 is 0. The lowest BCUT2D eigenvalue weighted by Gasteiger charge is -2.14. The van der Waals surface area contributed by atoms with Crippen molar-refractivity contribution in [3.8, 4) is 22.3 Å². The standard InChI is InChI=1S/C24H23N/c1-2-3-15-24(25)22-12-7-6-11-20(22)21-14-8-13-19-18-10-5-4-9-17(18)16-23(19)21/h4-14,25H,2-3,15-16H2,1H3. The van der Waals surface area contributed by atoms with Crippen LogP contribution < -0.4 is 0 Å². The van der Waals surface area contributed by atoms with E-state index >= 15 is 0 Å². The predicted molar refractivity (Wildman–Crippen MR) is 106 cm³/mol. The second-order valence-corrected chi connectivity index (χ2v) is 6.79. The van der Waals surface area contributed by atoms with Crippen molar-refractivity contribution in [1.29, 1.82) is 5.41 Å². The van der Waals surface area contributed by atoms with E-state index in [0.29, 0.717) is 0 Å². The molecule has 3 aromatic rings. The normalized spacial score (nSPS) is 11.9. The van der Waals surface area contributed by atoms with Gasteiger partial charge in [-0.05, 0) is 52.6 Å². The summed E-state index contributed by atoms with van der Waals surface area (Å²) in [5.74, 6) is 0. The molecule has 0 bridgehead atoms. The third kappa shape index (κ3) is 2.80. The molecule has 0 aliphatic heterocycles. The molecule has 25 heavy (non-hydrogen) atoms. The van der Waals surface area contributed by atoms with Crippen LogP contribution in [0.2, 0.25) is 0 Å².